The van der Waals surface area contributed by atoms with Crippen molar-refractivity contribution in [3.8, 4) is 11.1 Å². The third-order valence-corrected chi connectivity index (χ3v) is 2.65. The molecule has 2 N–H and O–H groups in total. The molecule has 3 heteroatoms. The van der Waals surface area contributed by atoms with Gasteiger partial charge in [0.2, 0.25) is 0 Å². The zero-order valence-electron chi connectivity index (χ0n) is 9.26. The van der Waals surface area contributed by atoms with Crippen LogP contribution in [0, 0.1) is 0 Å². The van der Waals surface area contributed by atoms with Gasteiger partial charge in [-0.05, 0) is 46.5 Å². The molecule has 86 valence electrons. The van der Waals surface area contributed by atoms with E-state index in [4.69, 9.17) is 10.2 Å². The minimum absolute atomic E-state index is 0.109. The van der Waals surface area contributed by atoms with E-state index >= 15 is 0 Å². The molecule has 1 aromatic heterocycles. The highest BCUT2D eigenvalue weighted by Gasteiger charge is 1.97. The Kier molecular flexibility index (Phi) is 5.78. The molecule has 1 aromatic carbocycles. The van der Waals surface area contributed by atoms with Crippen LogP contribution in [0.4, 0.5) is 0 Å². The minimum atomic E-state index is 0.109. The molecule has 0 fully saturated rings. The molecule has 0 radical (unpaired) electrons. The van der Waals surface area contributed by atoms with Crippen LogP contribution in [0.3, 0.4) is 0 Å². The van der Waals surface area contributed by atoms with E-state index in [1.807, 2.05) is 18.2 Å². The zero-order valence-corrected chi connectivity index (χ0v) is 10.1. The molecule has 16 heavy (non-hydrogen) atoms. The summed E-state index contributed by atoms with van der Waals surface area (Å²) in [4.78, 5) is 0. The maximum Gasteiger partial charge on any atom is 0.0682 e. The van der Waals surface area contributed by atoms with Crippen LogP contribution in [-0.2, 0) is 6.61 Å². The molecular weight excluding hydrogens is 220 g/mol. The first kappa shape index (κ1) is 12.9. The summed E-state index contributed by atoms with van der Waals surface area (Å²) in [6.07, 6.45) is 0. The Morgan fingerprint density at radius 2 is 1.88 bits per heavy atom. The highest BCUT2D eigenvalue weighted by atomic mass is 32.1. The molecule has 1 heterocycles. The van der Waals surface area contributed by atoms with E-state index in [-0.39, 0.29) is 13.2 Å². The van der Waals surface area contributed by atoms with Crippen molar-refractivity contribution in [2.75, 3.05) is 6.61 Å². The molecule has 0 unspecified atom stereocenters. The predicted octanol–water partition coefficient (Wildman–Crippen LogP) is 2.91. The number of hydrogen-bond acceptors (Lipinski definition) is 3. The van der Waals surface area contributed by atoms with E-state index in [1.165, 1.54) is 11.1 Å². The third kappa shape index (κ3) is 3.77. The molecule has 0 saturated carbocycles. The lowest BCUT2D eigenvalue weighted by Gasteiger charge is -2.00. The van der Waals surface area contributed by atoms with Gasteiger partial charge in [-0.25, -0.2) is 0 Å². The summed E-state index contributed by atoms with van der Waals surface area (Å²) in [5.41, 5.74) is 3.36. The summed E-state index contributed by atoms with van der Waals surface area (Å²) in [6, 6.07) is 10.1. The quantitative estimate of drug-likeness (QED) is 0.841. The molecule has 2 rings (SSSR count). The molecule has 0 spiro atoms. The minimum Gasteiger partial charge on any atom is -0.397 e. The molecule has 0 saturated heterocycles. The summed E-state index contributed by atoms with van der Waals surface area (Å²) in [7, 11) is 0. The van der Waals surface area contributed by atoms with Gasteiger partial charge >= 0.3 is 0 Å². The number of rotatable bonds is 2. The van der Waals surface area contributed by atoms with Crippen LogP contribution in [0.2, 0.25) is 0 Å². The second-order valence-electron chi connectivity index (χ2n) is 3.19. The number of thiophene rings is 1. The maximum absolute atomic E-state index is 8.96. The van der Waals surface area contributed by atoms with Crippen molar-refractivity contribution in [2.24, 2.45) is 0 Å². The fourth-order valence-corrected chi connectivity index (χ4v) is 1.94. The Balaban J connectivity index is 0.000000386. The van der Waals surface area contributed by atoms with Crippen LogP contribution in [0.1, 0.15) is 12.5 Å². The van der Waals surface area contributed by atoms with E-state index in [1.54, 1.807) is 18.3 Å². The Morgan fingerprint density at radius 1 is 1.12 bits per heavy atom. The molecule has 2 aromatic rings. The second-order valence-corrected chi connectivity index (χ2v) is 3.97. The van der Waals surface area contributed by atoms with Crippen LogP contribution in [-0.4, -0.2) is 16.8 Å². The van der Waals surface area contributed by atoms with Crippen molar-refractivity contribution >= 4 is 11.3 Å². The number of aliphatic hydroxyl groups is 2. The van der Waals surface area contributed by atoms with Gasteiger partial charge in [-0.15, -0.1) is 0 Å². The molecule has 0 bridgehead atoms. The summed E-state index contributed by atoms with van der Waals surface area (Å²) in [5, 5.41) is 20.7. The number of benzene rings is 1. The standard InChI is InChI=1S/C11H10OS.C2H6O/c12-7-9-2-1-3-10(6-9)11-4-5-13-8-11;1-2-3/h1-6,8,12H,7H2;3H,2H2,1H3. The van der Waals surface area contributed by atoms with Crippen molar-refractivity contribution in [1.82, 2.24) is 0 Å². The lowest BCUT2D eigenvalue weighted by molar-refractivity contribution is 0.282. The van der Waals surface area contributed by atoms with E-state index in [0.29, 0.717) is 0 Å². The normalized spacial score (nSPS) is 9.44. The van der Waals surface area contributed by atoms with Crippen LogP contribution in [0.5, 0.6) is 0 Å². The summed E-state index contributed by atoms with van der Waals surface area (Å²) >= 11 is 1.69. The SMILES string of the molecule is CCO.OCc1cccc(-c2ccsc2)c1. The van der Waals surface area contributed by atoms with E-state index in [9.17, 15) is 0 Å². The topological polar surface area (TPSA) is 40.5 Å². The highest BCUT2D eigenvalue weighted by Crippen LogP contribution is 2.22. The van der Waals surface area contributed by atoms with Crippen molar-refractivity contribution in [3.05, 3.63) is 46.7 Å². The first-order chi connectivity index (χ1) is 7.81. The van der Waals surface area contributed by atoms with Gasteiger partial charge in [0.05, 0.1) is 6.61 Å². The Bertz CT molecular complexity index is 396. The van der Waals surface area contributed by atoms with Crippen molar-refractivity contribution in [1.29, 1.82) is 0 Å². The molecular formula is C13H16O2S. The van der Waals surface area contributed by atoms with Crippen molar-refractivity contribution in [2.45, 2.75) is 13.5 Å². The maximum atomic E-state index is 8.96. The second kappa shape index (κ2) is 7.17. The van der Waals surface area contributed by atoms with E-state index in [0.717, 1.165) is 5.56 Å². The largest absolute Gasteiger partial charge is 0.397 e. The monoisotopic (exact) mass is 236 g/mol. The third-order valence-electron chi connectivity index (χ3n) is 1.96. The van der Waals surface area contributed by atoms with Gasteiger partial charge in [0.1, 0.15) is 0 Å². The number of aliphatic hydroxyl groups excluding tert-OH is 2. The fourth-order valence-electron chi connectivity index (χ4n) is 1.28. The smallest absolute Gasteiger partial charge is 0.0682 e. The Hall–Kier alpha value is -1.16. The predicted molar refractivity (Wildman–Crippen MR) is 68.4 cm³/mol. The summed E-state index contributed by atoms with van der Waals surface area (Å²) in [5.74, 6) is 0. The summed E-state index contributed by atoms with van der Waals surface area (Å²) < 4.78 is 0. The van der Waals surface area contributed by atoms with Crippen molar-refractivity contribution < 1.29 is 10.2 Å². The van der Waals surface area contributed by atoms with Gasteiger partial charge in [-0.2, -0.15) is 11.3 Å². The van der Waals surface area contributed by atoms with E-state index < -0.39 is 0 Å². The molecule has 0 aliphatic heterocycles. The van der Waals surface area contributed by atoms with Gasteiger partial charge in [0.25, 0.3) is 0 Å². The average molecular weight is 236 g/mol. The van der Waals surface area contributed by atoms with Gasteiger partial charge in [0.15, 0.2) is 0 Å². The summed E-state index contributed by atoms with van der Waals surface area (Å²) in [6.45, 7) is 2.04. The van der Waals surface area contributed by atoms with Gasteiger partial charge < -0.3 is 10.2 Å². The van der Waals surface area contributed by atoms with Gasteiger partial charge in [0, 0.05) is 6.61 Å². The van der Waals surface area contributed by atoms with Crippen LogP contribution in [0.15, 0.2) is 41.1 Å². The van der Waals surface area contributed by atoms with Crippen molar-refractivity contribution in [3.63, 3.8) is 0 Å². The average Bonchev–Trinajstić information content (AvgIpc) is 2.84. The Morgan fingerprint density at radius 3 is 2.44 bits per heavy atom. The van der Waals surface area contributed by atoms with Gasteiger partial charge in [-0.3, -0.25) is 0 Å². The molecule has 2 nitrogen and oxygen atoms in total. The lowest BCUT2D eigenvalue weighted by atomic mass is 10.1. The lowest BCUT2D eigenvalue weighted by Crippen LogP contribution is -1.82. The zero-order chi connectivity index (χ0) is 11.8. The van der Waals surface area contributed by atoms with Crippen LogP contribution < -0.4 is 0 Å². The van der Waals surface area contributed by atoms with Gasteiger partial charge in [-0.1, -0.05) is 18.2 Å². The fraction of sp³-hybridized carbons (Fsp3) is 0.231. The molecule has 0 amide bonds. The highest BCUT2D eigenvalue weighted by molar-refractivity contribution is 7.08. The number of hydrogen-bond donors (Lipinski definition) is 2. The van der Waals surface area contributed by atoms with E-state index in [2.05, 4.69) is 22.9 Å². The first-order valence-electron chi connectivity index (χ1n) is 5.15. The molecule has 0 atom stereocenters. The molecule has 0 aliphatic carbocycles. The Labute approximate surface area is 99.8 Å². The van der Waals surface area contributed by atoms with Crippen LogP contribution in [0.25, 0.3) is 11.1 Å². The molecule has 0 aliphatic rings. The first-order valence-corrected chi connectivity index (χ1v) is 6.09. The van der Waals surface area contributed by atoms with Crippen LogP contribution >= 0.6 is 11.3 Å².